The van der Waals surface area contributed by atoms with Crippen LogP contribution >= 0.6 is 0 Å². The Morgan fingerprint density at radius 1 is 1.05 bits per heavy atom. The van der Waals surface area contributed by atoms with Gasteiger partial charge in [-0.3, -0.25) is 0 Å². The van der Waals surface area contributed by atoms with Gasteiger partial charge >= 0.3 is 0 Å². The van der Waals surface area contributed by atoms with Crippen molar-refractivity contribution in [1.82, 2.24) is 0 Å². The molecule has 0 bridgehead atoms. The molecule has 0 amide bonds. The van der Waals surface area contributed by atoms with E-state index in [1.807, 2.05) is 42.5 Å². The molecule has 0 aliphatic heterocycles. The third kappa shape index (κ3) is 3.89. The summed E-state index contributed by atoms with van der Waals surface area (Å²) < 4.78 is 10.9. The minimum atomic E-state index is 0.551. The summed E-state index contributed by atoms with van der Waals surface area (Å²) in [4.78, 5) is 0. The molecule has 0 fully saturated rings. The fraction of sp³-hybridized carbons (Fsp3) is 0.294. The van der Waals surface area contributed by atoms with Crippen molar-refractivity contribution in [2.75, 3.05) is 24.8 Å². The van der Waals surface area contributed by atoms with Gasteiger partial charge in [-0.2, -0.15) is 0 Å². The maximum atomic E-state index is 6.18. The van der Waals surface area contributed by atoms with Crippen molar-refractivity contribution in [2.24, 2.45) is 0 Å². The molecule has 3 N–H and O–H groups in total. The fourth-order valence-electron chi connectivity index (χ4n) is 2.06. The highest BCUT2D eigenvalue weighted by Gasteiger charge is 2.08. The zero-order chi connectivity index (χ0) is 15.1. The Labute approximate surface area is 125 Å². The smallest absolute Gasteiger partial charge is 0.144 e. The molecule has 0 radical (unpaired) electrons. The van der Waals surface area contributed by atoms with Crippen LogP contribution in [0.5, 0.6) is 5.75 Å². The van der Waals surface area contributed by atoms with Crippen LogP contribution in [0.25, 0.3) is 0 Å². The van der Waals surface area contributed by atoms with Gasteiger partial charge in [0.05, 0.1) is 24.6 Å². The van der Waals surface area contributed by atoms with Gasteiger partial charge in [0.15, 0.2) is 0 Å². The number of hydrogen-bond acceptors (Lipinski definition) is 4. The van der Waals surface area contributed by atoms with Crippen molar-refractivity contribution < 1.29 is 9.47 Å². The van der Waals surface area contributed by atoms with Crippen molar-refractivity contribution >= 4 is 17.1 Å². The van der Waals surface area contributed by atoms with Crippen LogP contribution in [0.4, 0.5) is 17.1 Å². The molecule has 2 aromatic carbocycles. The summed E-state index contributed by atoms with van der Waals surface area (Å²) in [7, 11) is 1.68. The molecule has 112 valence electrons. The highest BCUT2D eigenvalue weighted by atomic mass is 16.5. The normalized spacial score (nSPS) is 10.4. The number of nitrogens with one attached hydrogen (secondary N) is 1. The summed E-state index contributed by atoms with van der Waals surface area (Å²) in [6, 6.07) is 13.8. The molecular formula is C17H22N2O2. The second-order valence-electron chi connectivity index (χ2n) is 4.78. The predicted octanol–water partition coefficient (Wildman–Crippen LogP) is 3.95. The van der Waals surface area contributed by atoms with Crippen LogP contribution in [0.1, 0.15) is 18.9 Å². The first-order valence-electron chi connectivity index (χ1n) is 7.11. The number of anilines is 3. The van der Waals surface area contributed by atoms with Crippen molar-refractivity contribution in [3.8, 4) is 5.75 Å². The Hall–Kier alpha value is -2.20. The number of methoxy groups -OCH3 is 1. The van der Waals surface area contributed by atoms with Crippen molar-refractivity contribution in [3.05, 3.63) is 48.0 Å². The Bertz CT molecular complexity index is 585. The molecule has 2 aromatic rings. The van der Waals surface area contributed by atoms with Gasteiger partial charge in [-0.05, 0) is 24.6 Å². The van der Waals surface area contributed by atoms with E-state index in [0.29, 0.717) is 24.7 Å². The summed E-state index contributed by atoms with van der Waals surface area (Å²) in [6.45, 7) is 3.28. The van der Waals surface area contributed by atoms with Crippen LogP contribution in [0.15, 0.2) is 42.5 Å². The summed E-state index contributed by atoms with van der Waals surface area (Å²) >= 11 is 0. The first kappa shape index (κ1) is 15.2. The molecule has 4 nitrogen and oxygen atoms in total. The Kier molecular flexibility index (Phi) is 5.46. The van der Waals surface area contributed by atoms with Gasteiger partial charge < -0.3 is 20.5 Å². The molecule has 0 saturated carbocycles. The molecule has 0 aliphatic carbocycles. The number of para-hydroxylation sites is 2. The molecule has 0 spiro atoms. The second-order valence-corrected chi connectivity index (χ2v) is 4.78. The molecular weight excluding hydrogens is 264 g/mol. The third-order valence-corrected chi connectivity index (χ3v) is 3.11. The van der Waals surface area contributed by atoms with E-state index in [9.17, 15) is 0 Å². The fourth-order valence-corrected chi connectivity index (χ4v) is 2.06. The van der Waals surface area contributed by atoms with E-state index in [1.165, 1.54) is 0 Å². The number of nitrogen functional groups attached to an aromatic ring is 1. The lowest BCUT2D eigenvalue weighted by molar-refractivity contribution is 0.185. The van der Waals surface area contributed by atoms with E-state index in [2.05, 4.69) is 12.2 Å². The molecule has 0 aliphatic rings. The van der Waals surface area contributed by atoms with Gasteiger partial charge in [-0.15, -0.1) is 0 Å². The van der Waals surface area contributed by atoms with E-state index in [1.54, 1.807) is 7.11 Å². The maximum Gasteiger partial charge on any atom is 0.144 e. The molecule has 0 saturated heterocycles. The average Bonchev–Trinajstić information content (AvgIpc) is 2.50. The van der Waals surface area contributed by atoms with Gasteiger partial charge in [-0.1, -0.05) is 31.2 Å². The van der Waals surface area contributed by atoms with Crippen LogP contribution in [-0.2, 0) is 11.3 Å². The zero-order valence-electron chi connectivity index (χ0n) is 12.6. The van der Waals surface area contributed by atoms with Gasteiger partial charge in [0, 0.05) is 18.4 Å². The minimum Gasteiger partial charge on any atom is -0.491 e. The number of benzene rings is 2. The largest absolute Gasteiger partial charge is 0.491 e. The Balaban J connectivity index is 2.23. The molecule has 2 rings (SSSR count). The number of hydrogen-bond donors (Lipinski definition) is 2. The quantitative estimate of drug-likeness (QED) is 0.757. The van der Waals surface area contributed by atoms with Crippen LogP contribution in [-0.4, -0.2) is 13.7 Å². The Morgan fingerprint density at radius 3 is 2.57 bits per heavy atom. The minimum absolute atomic E-state index is 0.551. The molecule has 0 atom stereocenters. The predicted molar refractivity (Wildman–Crippen MR) is 87.1 cm³/mol. The Morgan fingerprint density at radius 2 is 1.81 bits per heavy atom. The van der Waals surface area contributed by atoms with Crippen molar-refractivity contribution in [3.63, 3.8) is 0 Å². The summed E-state index contributed by atoms with van der Waals surface area (Å²) in [5, 5.41) is 3.36. The average molecular weight is 286 g/mol. The lowest BCUT2D eigenvalue weighted by Gasteiger charge is -2.15. The van der Waals surface area contributed by atoms with Crippen LogP contribution in [0, 0.1) is 0 Å². The van der Waals surface area contributed by atoms with Gasteiger partial charge in [0.2, 0.25) is 0 Å². The standard InChI is InChI=1S/C17H22N2O2/c1-3-11-21-16-10-6-9-15(17(16)18)19-14-8-5-4-7-13(14)12-20-2/h4-10,19H,3,11-12,18H2,1-2H3. The van der Waals surface area contributed by atoms with Crippen LogP contribution < -0.4 is 15.8 Å². The number of nitrogens with two attached hydrogens (primary N) is 1. The lowest BCUT2D eigenvalue weighted by Crippen LogP contribution is -2.03. The molecule has 0 heterocycles. The molecule has 4 heteroatoms. The number of rotatable bonds is 7. The second kappa shape index (κ2) is 7.55. The molecule has 0 aromatic heterocycles. The third-order valence-electron chi connectivity index (χ3n) is 3.11. The number of ether oxygens (including phenoxy) is 2. The summed E-state index contributed by atoms with van der Waals surface area (Å²) in [5.41, 5.74) is 9.71. The van der Waals surface area contributed by atoms with E-state index < -0.39 is 0 Å². The lowest BCUT2D eigenvalue weighted by atomic mass is 10.1. The van der Waals surface area contributed by atoms with Crippen LogP contribution in [0.3, 0.4) is 0 Å². The first-order chi connectivity index (χ1) is 10.3. The first-order valence-corrected chi connectivity index (χ1v) is 7.11. The SMILES string of the molecule is CCCOc1cccc(Nc2ccccc2COC)c1N. The highest BCUT2D eigenvalue weighted by Crippen LogP contribution is 2.32. The molecule has 0 unspecified atom stereocenters. The van der Waals surface area contributed by atoms with E-state index in [4.69, 9.17) is 15.2 Å². The molecule has 21 heavy (non-hydrogen) atoms. The van der Waals surface area contributed by atoms with Gasteiger partial charge in [0.1, 0.15) is 5.75 Å². The summed E-state index contributed by atoms with van der Waals surface area (Å²) in [6.07, 6.45) is 0.952. The van der Waals surface area contributed by atoms with E-state index >= 15 is 0 Å². The van der Waals surface area contributed by atoms with E-state index in [-0.39, 0.29) is 0 Å². The highest BCUT2D eigenvalue weighted by molar-refractivity contribution is 5.78. The van der Waals surface area contributed by atoms with Crippen LogP contribution in [0.2, 0.25) is 0 Å². The monoisotopic (exact) mass is 286 g/mol. The topological polar surface area (TPSA) is 56.5 Å². The van der Waals surface area contributed by atoms with Crippen molar-refractivity contribution in [2.45, 2.75) is 20.0 Å². The van der Waals surface area contributed by atoms with Gasteiger partial charge in [0.25, 0.3) is 0 Å². The summed E-state index contributed by atoms with van der Waals surface area (Å²) in [5.74, 6) is 0.714. The van der Waals surface area contributed by atoms with E-state index in [0.717, 1.165) is 23.4 Å². The maximum absolute atomic E-state index is 6.18. The van der Waals surface area contributed by atoms with Crippen molar-refractivity contribution in [1.29, 1.82) is 0 Å². The zero-order valence-corrected chi connectivity index (χ0v) is 12.6. The van der Waals surface area contributed by atoms with Gasteiger partial charge in [-0.25, -0.2) is 0 Å².